The molecule has 1 unspecified atom stereocenters. The molecule has 1 amide bonds. The van der Waals surface area contributed by atoms with Crippen LogP contribution in [0.2, 0.25) is 0 Å². The summed E-state index contributed by atoms with van der Waals surface area (Å²) in [5.41, 5.74) is 0. The Bertz CT molecular complexity index is 523. The van der Waals surface area contributed by atoms with E-state index in [0.29, 0.717) is 36.8 Å². The Kier molecular flexibility index (Phi) is 5.30. The van der Waals surface area contributed by atoms with Crippen LogP contribution < -0.4 is 0 Å². The van der Waals surface area contributed by atoms with Crippen LogP contribution in [-0.4, -0.2) is 47.3 Å². The van der Waals surface area contributed by atoms with Gasteiger partial charge in [-0.2, -0.15) is 0 Å². The molecule has 0 radical (unpaired) electrons. The Hall–Kier alpha value is -1.43. The first-order chi connectivity index (χ1) is 11.1. The van der Waals surface area contributed by atoms with E-state index in [-0.39, 0.29) is 5.92 Å². The standard InChI is InChI=1S/C17H27N3O3/c1-12(2)9-15-18-19-16(23-15)10-13-3-6-20(11-13)17(21)14-4-7-22-8-5-14/h12-14H,3-11H2,1-2H3. The Morgan fingerprint density at radius 1 is 1.22 bits per heavy atom. The fourth-order valence-electron chi connectivity index (χ4n) is 3.45. The molecule has 128 valence electrons. The van der Waals surface area contributed by atoms with E-state index in [1.54, 1.807) is 0 Å². The first-order valence-electron chi connectivity index (χ1n) is 8.79. The molecule has 6 heteroatoms. The van der Waals surface area contributed by atoms with Crippen molar-refractivity contribution in [2.24, 2.45) is 17.8 Å². The maximum atomic E-state index is 12.5. The maximum Gasteiger partial charge on any atom is 0.225 e. The van der Waals surface area contributed by atoms with Crippen molar-refractivity contribution in [3.8, 4) is 0 Å². The molecule has 23 heavy (non-hydrogen) atoms. The first-order valence-corrected chi connectivity index (χ1v) is 8.79. The summed E-state index contributed by atoms with van der Waals surface area (Å²) < 4.78 is 11.1. The third-order valence-corrected chi connectivity index (χ3v) is 4.72. The van der Waals surface area contributed by atoms with Crippen LogP contribution in [-0.2, 0) is 22.4 Å². The van der Waals surface area contributed by atoms with Gasteiger partial charge in [-0.1, -0.05) is 13.8 Å². The number of amides is 1. The van der Waals surface area contributed by atoms with Crippen LogP contribution in [0.15, 0.2) is 4.42 Å². The van der Waals surface area contributed by atoms with Crippen molar-refractivity contribution in [2.75, 3.05) is 26.3 Å². The highest BCUT2D eigenvalue weighted by molar-refractivity contribution is 5.79. The van der Waals surface area contributed by atoms with Crippen molar-refractivity contribution in [1.29, 1.82) is 0 Å². The molecule has 2 aliphatic heterocycles. The molecule has 1 aromatic rings. The summed E-state index contributed by atoms with van der Waals surface area (Å²) in [5.74, 6) is 2.85. The second-order valence-corrected chi connectivity index (χ2v) is 7.22. The fourth-order valence-corrected chi connectivity index (χ4v) is 3.45. The van der Waals surface area contributed by atoms with Gasteiger partial charge in [0.25, 0.3) is 0 Å². The quantitative estimate of drug-likeness (QED) is 0.830. The highest BCUT2D eigenvalue weighted by atomic mass is 16.5. The average molecular weight is 321 g/mol. The predicted octanol–water partition coefficient (Wildman–Crippen LogP) is 2.09. The van der Waals surface area contributed by atoms with Crippen LogP contribution in [0.4, 0.5) is 0 Å². The molecule has 0 bridgehead atoms. The van der Waals surface area contributed by atoms with Crippen LogP contribution in [0.5, 0.6) is 0 Å². The minimum absolute atomic E-state index is 0.156. The van der Waals surface area contributed by atoms with Gasteiger partial charge in [-0.05, 0) is 31.1 Å². The Labute approximate surface area is 137 Å². The summed E-state index contributed by atoms with van der Waals surface area (Å²) in [6.07, 6.45) is 4.36. The van der Waals surface area contributed by atoms with Gasteiger partial charge < -0.3 is 14.1 Å². The normalized spacial score (nSPS) is 22.9. The van der Waals surface area contributed by atoms with Gasteiger partial charge in [0.1, 0.15) is 0 Å². The zero-order valence-electron chi connectivity index (χ0n) is 14.2. The second-order valence-electron chi connectivity index (χ2n) is 7.22. The van der Waals surface area contributed by atoms with E-state index in [1.807, 2.05) is 4.90 Å². The van der Waals surface area contributed by atoms with E-state index in [9.17, 15) is 4.79 Å². The number of likely N-dealkylation sites (tertiary alicyclic amines) is 1. The lowest BCUT2D eigenvalue weighted by Crippen LogP contribution is -2.37. The number of nitrogens with zero attached hydrogens (tertiary/aromatic N) is 3. The number of carbonyl (C=O) groups is 1. The highest BCUT2D eigenvalue weighted by Crippen LogP contribution is 2.25. The van der Waals surface area contributed by atoms with Gasteiger partial charge in [0.05, 0.1) is 0 Å². The minimum Gasteiger partial charge on any atom is -0.425 e. The summed E-state index contributed by atoms with van der Waals surface area (Å²) >= 11 is 0. The topological polar surface area (TPSA) is 68.5 Å². The van der Waals surface area contributed by atoms with E-state index < -0.39 is 0 Å². The van der Waals surface area contributed by atoms with E-state index >= 15 is 0 Å². The number of hydrogen-bond acceptors (Lipinski definition) is 5. The van der Waals surface area contributed by atoms with Crippen molar-refractivity contribution in [3.05, 3.63) is 11.8 Å². The molecule has 1 aromatic heterocycles. The zero-order chi connectivity index (χ0) is 16.2. The van der Waals surface area contributed by atoms with Gasteiger partial charge in [-0.15, -0.1) is 10.2 Å². The molecule has 2 fully saturated rings. The molecular formula is C17H27N3O3. The van der Waals surface area contributed by atoms with Crippen molar-refractivity contribution in [2.45, 2.75) is 46.0 Å². The molecule has 0 saturated carbocycles. The minimum atomic E-state index is 0.156. The van der Waals surface area contributed by atoms with Gasteiger partial charge >= 0.3 is 0 Å². The molecular weight excluding hydrogens is 294 g/mol. The maximum absolute atomic E-state index is 12.5. The Balaban J connectivity index is 1.49. The van der Waals surface area contributed by atoms with E-state index in [1.165, 1.54) is 0 Å². The Morgan fingerprint density at radius 2 is 1.96 bits per heavy atom. The third kappa shape index (κ3) is 4.31. The molecule has 0 aliphatic carbocycles. The molecule has 0 N–H and O–H groups in total. The monoisotopic (exact) mass is 321 g/mol. The number of ether oxygens (including phenoxy) is 1. The highest BCUT2D eigenvalue weighted by Gasteiger charge is 2.32. The molecule has 0 spiro atoms. The second kappa shape index (κ2) is 7.43. The summed E-state index contributed by atoms with van der Waals surface area (Å²) in [6.45, 7) is 7.38. The average Bonchev–Trinajstić information content (AvgIpc) is 3.17. The van der Waals surface area contributed by atoms with Crippen molar-refractivity contribution >= 4 is 5.91 Å². The lowest BCUT2D eigenvalue weighted by atomic mass is 9.99. The zero-order valence-corrected chi connectivity index (χ0v) is 14.2. The molecule has 2 aliphatic rings. The Morgan fingerprint density at radius 3 is 2.70 bits per heavy atom. The SMILES string of the molecule is CC(C)Cc1nnc(CC2CCN(C(=O)C3CCOCC3)C2)o1. The van der Waals surface area contributed by atoms with Gasteiger partial charge in [0, 0.05) is 45.1 Å². The van der Waals surface area contributed by atoms with Crippen molar-refractivity contribution in [3.63, 3.8) is 0 Å². The molecule has 0 aromatic carbocycles. The van der Waals surface area contributed by atoms with Crippen LogP contribution >= 0.6 is 0 Å². The molecule has 2 saturated heterocycles. The fraction of sp³-hybridized carbons (Fsp3) is 0.824. The summed E-state index contributed by atoms with van der Waals surface area (Å²) in [4.78, 5) is 14.6. The van der Waals surface area contributed by atoms with Gasteiger partial charge in [0.2, 0.25) is 17.7 Å². The molecule has 3 heterocycles. The van der Waals surface area contributed by atoms with Crippen LogP contribution in [0, 0.1) is 17.8 Å². The van der Waals surface area contributed by atoms with E-state index in [4.69, 9.17) is 9.15 Å². The first kappa shape index (κ1) is 16.4. The van der Waals surface area contributed by atoms with Crippen LogP contribution in [0.3, 0.4) is 0 Å². The molecule has 6 nitrogen and oxygen atoms in total. The van der Waals surface area contributed by atoms with Crippen LogP contribution in [0.1, 0.15) is 44.9 Å². The van der Waals surface area contributed by atoms with E-state index in [2.05, 4.69) is 24.0 Å². The summed E-state index contributed by atoms with van der Waals surface area (Å²) in [5, 5.41) is 8.27. The number of carbonyl (C=O) groups excluding carboxylic acids is 1. The molecule has 1 atom stereocenters. The van der Waals surface area contributed by atoms with Gasteiger partial charge in [-0.3, -0.25) is 4.79 Å². The third-order valence-electron chi connectivity index (χ3n) is 4.72. The predicted molar refractivity (Wildman–Crippen MR) is 84.8 cm³/mol. The van der Waals surface area contributed by atoms with Crippen molar-refractivity contribution in [1.82, 2.24) is 15.1 Å². The number of hydrogen-bond donors (Lipinski definition) is 0. The van der Waals surface area contributed by atoms with Crippen molar-refractivity contribution < 1.29 is 13.9 Å². The van der Waals surface area contributed by atoms with E-state index in [0.717, 1.165) is 51.1 Å². The lowest BCUT2D eigenvalue weighted by molar-refractivity contribution is -0.137. The largest absolute Gasteiger partial charge is 0.425 e. The lowest BCUT2D eigenvalue weighted by Gasteiger charge is -2.26. The molecule has 3 rings (SSSR count). The summed E-state index contributed by atoms with van der Waals surface area (Å²) in [7, 11) is 0. The van der Waals surface area contributed by atoms with Gasteiger partial charge in [0.15, 0.2) is 0 Å². The summed E-state index contributed by atoms with van der Waals surface area (Å²) in [6, 6.07) is 0. The van der Waals surface area contributed by atoms with Gasteiger partial charge in [-0.25, -0.2) is 0 Å². The number of aromatic nitrogens is 2. The number of rotatable bonds is 5. The van der Waals surface area contributed by atoms with Crippen LogP contribution in [0.25, 0.3) is 0 Å². The smallest absolute Gasteiger partial charge is 0.225 e.